The van der Waals surface area contributed by atoms with Gasteiger partial charge in [0.25, 0.3) is 5.91 Å². The minimum atomic E-state index is -0.356. The van der Waals surface area contributed by atoms with Crippen molar-refractivity contribution in [1.29, 1.82) is 0 Å². The van der Waals surface area contributed by atoms with E-state index in [2.05, 4.69) is 10.6 Å². The zero-order valence-corrected chi connectivity index (χ0v) is 14.4. The van der Waals surface area contributed by atoms with Crippen molar-refractivity contribution in [2.24, 2.45) is 0 Å². The fourth-order valence-corrected chi connectivity index (χ4v) is 3.37. The van der Waals surface area contributed by atoms with Gasteiger partial charge in [0.15, 0.2) is 0 Å². The molecule has 0 aliphatic heterocycles. The Morgan fingerprint density at radius 3 is 2.60 bits per heavy atom. The van der Waals surface area contributed by atoms with Crippen LogP contribution in [0.1, 0.15) is 16.6 Å². The molecule has 3 aromatic rings. The van der Waals surface area contributed by atoms with Gasteiger partial charge in [0.05, 0.1) is 17.7 Å². The minimum absolute atomic E-state index is 0.248. The number of amides is 2. The first kappa shape index (κ1) is 16.9. The topological polar surface area (TPSA) is 67.4 Å². The smallest absolute Gasteiger partial charge is 0.265 e. The summed E-state index contributed by atoms with van der Waals surface area (Å²) >= 11 is 1.21. The zero-order valence-electron chi connectivity index (χ0n) is 13.6. The van der Waals surface area contributed by atoms with Crippen LogP contribution in [-0.2, 0) is 4.79 Å². The number of fused-ring (bicyclic) bond motifs is 1. The molecule has 0 bridgehead atoms. The Bertz CT molecular complexity index is 968. The monoisotopic (exact) mass is 358 g/mol. The summed E-state index contributed by atoms with van der Waals surface area (Å²) in [4.78, 5) is 24.1. The standard InChI is InChI=1S/C18H15FN2O3S/c1-10(22)20-14-8-11(6-7-15(14)24-2)21-18(23)17-9-12-13(19)4-3-5-16(12)25-17/h3-9H,1-2H3,(H,20,22)(H,21,23). The number of anilines is 2. The molecular weight excluding hydrogens is 343 g/mol. The molecule has 0 saturated carbocycles. The van der Waals surface area contributed by atoms with Gasteiger partial charge < -0.3 is 15.4 Å². The molecule has 5 nitrogen and oxygen atoms in total. The third-order valence-electron chi connectivity index (χ3n) is 3.50. The van der Waals surface area contributed by atoms with Crippen LogP contribution >= 0.6 is 11.3 Å². The maximum atomic E-state index is 13.8. The number of nitrogens with one attached hydrogen (secondary N) is 2. The largest absolute Gasteiger partial charge is 0.495 e. The molecule has 0 saturated heterocycles. The van der Waals surface area contributed by atoms with Crippen molar-refractivity contribution in [3.8, 4) is 5.75 Å². The Hall–Kier alpha value is -2.93. The van der Waals surface area contributed by atoms with E-state index in [0.29, 0.717) is 32.1 Å². The average Bonchev–Trinajstić information content (AvgIpc) is 3.00. The highest BCUT2D eigenvalue weighted by molar-refractivity contribution is 7.20. The van der Waals surface area contributed by atoms with Crippen LogP contribution in [0.4, 0.5) is 15.8 Å². The van der Waals surface area contributed by atoms with Crippen molar-refractivity contribution in [3.63, 3.8) is 0 Å². The van der Waals surface area contributed by atoms with Gasteiger partial charge in [-0.3, -0.25) is 9.59 Å². The Kier molecular flexibility index (Phi) is 4.67. The summed E-state index contributed by atoms with van der Waals surface area (Å²) in [5, 5.41) is 5.81. The van der Waals surface area contributed by atoms with Gasteiger partial charge in [-0.2, -0.15) is 0 Å². The summed E-state index contributed by atoms with van der Waals surface area (Å²) in [6.07, 6.45) is 0. The summed E-state index contributed by atoms with van der Waals surface area (Å²) in [7, 11) is 1.49. The van der Waals surface area contributed by atoms with Crippen LogP contribution in [0.5, 0.6) is 5.75 Å². The normalized spacial score (nSPS) is 10.5. The van der Waals surface area contributed by atoms with Crippen molar-refractivity contribution in [2.45, 2.75) is 6.92 Å². The fourth-order valence-electron chi connectivity index (χ4n) is 2.40. The molecule has 2 N–H and O–H groups in total. The lowest BCUT2D eigenvalue weighted by atomic mass is 10.2. The lowest BCUT2D eigenvalue weighted by molar-refractivity contribution is -0.114. The van der Waals surface area contributed by atoms with E-state index in [0.717, 1.165) is 0 Å². The first-order chi connectivity index (χ1) is 12.0. The van der Waals surface area contributed by atoms with E-state index < -0.39 is 0 Å². The molecule has 25 heavy (non-hydrogen) atoms. The van der Waals surface area contributed by atoms with Crippen molar-refractivity contribution < 1.29 is 18.7 Å². The van der Waals surface area contributed by atoms with Crippen molar-refractivity contribution >= 4 is 44.6 Å². The Labute approximate surface area is 147 Å². The molecule has 128 valence electrons. The van der Waals surface area contributed by atoms with E-state index in [4.69, 9.17) is 4.74 Å². The molecule has 0 spiro atoms. The number of benzene rings is 2. The number of hydrogen-bond acceptors (Lipinski definition) is 4. The highest BCUT2D eigenvalue weighted by atomic mass is 32.1. The molecule has 7 heteroatoms. The second kappa shape index (κ2) is 6.90. The number of ether oxygens (including phenoxy) is 1. The van der Waals surface area contributed by atoms with Crippen LogP contribution in [0.3, 0.4) is 0 Å². The number of carbonyl (C=O) groups is 2. The predicted octanol–water partition coefficient (Wildman–Crippen LogP) is 4.26. The lowest BCUT2D eigenvalue weighted by Crippen LogP contribution is -2.11. The number of thiophene rings is 1. The first-order valence-electron chi connectivity index (χ1n) is 7.43. The number of carbonyl (C=O) groups excluding carboxylic acids is 2. The predicted molar refractivity (Wildman–Crippen MR) is 97.0 cm³/mol. The molecule has 0 fully saturated rings. The third-order valence-corrected chi connectivity index (χ3v) is 4.60. The molecule has 2 aromatic carbocycles. The summed E-state index contributed by atoms with van der Waals surface area (Å²) in [5.41, 5.74) is 0.947. The fraction of sp³-hybridized carbons (Fsp3) is 0.111. The Morgan fingerprint density at radius 2 is 1.92 bits per heavy atom. The van der Waals surface area contributed by atoms with E-state index in [-0.39, 0.29) is 17.6 Å². The average molecular weight is 358 g/mol. The Balaban J connectivity index is 1.86. The lowest BCUT2D eigenvalue weighted by Gasteiger charge is -2.11. The Morgan fingerprint density at radius 1 is 1.12 bits per heavy atom. The van der Waals surface area contributed by atoms with Crippen molar-refractivity contribution in [3.05, 3.63) is 53.2 Å². The molecule has 3 rings (SSSR count). The van der Waals surface area contributed by atoms with Gasteiger partial charge in [-0.15, -0.1) is 11.3 Å². The molecule has 0 aliphatic carbocycles. The van der Waals surface area contributed by atoms with Gasteiger partial charge in [-0.25, -0.2) is 4.39 Å². The summed E-state index contributed by atoms with van der Waals surface area (Å²) in [6, 6.07) is 11.2. The van der Waals surface area contributed by atoms with E-state index in [1.165, 1.54) is 37.5 Å². The molecular formula is C18H15FN2O3S. The molecule has 2 amide bonds. The van der Waals surface area contributed by atoms with E-state index in [9.17, 15) is 14.0 Å². The second-order valence-electron chi connectivity index (χ2n) is 5.31. The van der Waals surface area contributed by atoms with Crippen LogP contribution in [-0.4, -0.2) is 18.9 Å². The highest BCUT2D eigenvalue weighted by Crippen LogP contribution is 2.30. The zero-order chi connectivity index (χ0) is 18.0. The van der Waals surface area contributed by atoms with Gasteiger partial charge in [-0.1, -0.05) is 6.07 Å². The molecule has 0 atom stereocenters. The number of methoxy groups -OCH3 is 1. The SMILES string of the molecule is COc1ccc(NC(=O)c2cc3c(F)cccc3s2)cc1NC(C)=O. The van der Waals surface area contributed by atoms with Gasteiger partial charge in [0, 0.05) is 22.7 Å². The van der Waals surface area contributed by atoms with E-state index in [1.807, 2.05) is 0 Å². The van der Waals surface area contributed by atoms with Gasteiger partial charge in [-0.05, 0) is 36.4 Å². The molecule has 0 unspecified atom stereocenters. The summed E-state index contributed by atoms with van der Waals surface area (Å²) < 4.78 is 19.7. The summed E-state index contributed by atoms with van der Waals surface area (Å²) in [6.45, 7) is 1.39. The number of rotatable bonds is 4. The van der Waals surface area contributed by atoms with Crippen LogP contribution in [0.25, 0.3) is 10.1 Å². The van der Waals surface area contributed by atoms with Crippen LogP contribution in [0, 0.1) is 5.82 Å². The van der Waals surface area contributed by atoms with Crippen molar-refractivity contribution in [2.75, 3.05) is 17.7 Å². The van der Waals surface area contributed by atoms with Crippen molar-refractivity contribution in [1.82, 2.24) is 0 Å². The van der Waals surface area contributed by atoms with E-state index in [1.54, 1.807) is 30.3 Å². The molecule has 0 aliphatic rings. The third kappa shape index (κ3) is 3.61. The number of halogens is 1. The quantitative estimate of drug-likeness (QED) is 0.732. The van der Waals surface area contributed by atoms with Gasteiger partial charge in [0.1, 0.15) is 11.6 Å². The maximum Gasteiger partial charge on any atom is 0.265 e. The van der Waals surface area contributed by atoms with Crippen LogP contribution in [0.15, 0.2) is 42.5 Å². The second-order valence-corrected chi connectivity index (χ2v) is 6.40. The van der Waals surface area contributed by atoms with Gasteiger partial charge in [0.2, 0.25) is 5.91 Å². The highest BCUT2D eigenvalue weighted by Gasteiger charge is 2.14. The molecule has 1 aromatic heterocycles. The minimum Gasteiger partial charge on any atom is -0.495 e. The van der Waals surface area contributed by atoms with Gasteiger partial charge >= 0.3 is 0 Å². The maximum absolute atomic E-state index is 13.8. The van der Waals surface area contributed by atoms with Crippen LogP contribution in [0.2, 0.25) is 0 Å². The first-order valence-corrected chi connectivity index (χ1v) is 8.24. The van der Waals surface area contributed by atoms with E-state index >= 15 is 0 Å². The molecule has 1 heterocycles. The summed E-state index contributed by atoms with van der Waals surface area (Å²) in [5.74, 6) is -0.469. The van der Waals surface area contributed by atoms with Crippen LogP contribution < -0.4 is 15.4 Å². The number of hydrogen-bond donors (Lipinski definition) is 2. The molecule has 0 radical (unpaired) electrons.